The van der Waals surface area contributed by atoms with E-state index in [1.54, 1.807) is 7.11 Å². The lowest BCUT2D eigenvalue weighted by molar-refractivity contribution is -0.130. The number of amides is 1. The maximum absolute atomic E-state index is 12.0. The number of ether oxygens (including phenoxy) is 1. The number of carbonyl (C=O) groups is 1. The highest BCUT2D eigenvalue weighted by Gasteiger charge is 2.20. The number of methoxy groups -OCH3 is 1. The first-order valence-corrected chi connectivity index (χ1v) is 7.08. The summed E-state index contributed by atoms with van der Waals surface area (Å²) >= 11 is 0. The van der Waals surface area contributed by atoms with E-state index in [9.17, 15) is 4.79 Å². The number of benzene rings is 1. The first-order valence-electron chi connectivity index (χ1n) is 7.08. The van der Waals surface area contributed by atoms with Gasteiger partial charge in [0.15, 0.2) is 0 Å². The van der Waals surface area contributed by atoms with Crippen molar-refractivity contribution in [1.29, 1.82) is 0 Å². The van der Waals surface area contributed by atoms with Crippen LogP contribution in [-0.4, -0.2) is 63.8 Å². The Balaban J connectivity index is 1.72. The molecule has 1 saturated heterocycles. The monoisotopic (exact) mass is 277 g/mol. The Labute approximate surface area is 120 Å². The third-order valence-corrected chi connectivity index (χ3v) is 3.51. The van der Waals surface area contributed by atoms with Crippen LogP contribution in [-0.2, 0) is 9.53 Å². The van der Waals surface area contributed by atoms with Gasteiger partial charge in [0, 0.05) is 45.5 Å². The van der Waals surface area contributed by atoms with Gasteiger partial charge in [-0.2, -0.15) is 0 Å². The molecule has 5 heteroatoms. The van der Waals surface area contributed by atoms with Crippen molar-refractivity contribution >= 4 is 11.6 Å². The molecule has 1 aromatic rings. The normalized spacial score (nSPS) is 15.4. The van der Waals surface area contributed by atoms with Crippen LogP contribution in [0.15, 0.2) is 30.3 Å². The standard InChI is InChI=1S/C15H23N3O2/c1-20-12-7-16-13-15(19)18-10-8-17(9-11-18)14-5-3-2-4-6-14/h2-6,16H,7-13H2,1H3. The van der Waals surface area contributed by atoms with Crippen molar-refractivity contribution in [3.8, 4) is 0 Å². The zero-order valence-corrected chi connectivity index (χ0v) is 12.0. The maximum Gasteiger partial charge on any atom is 0.236 e. The van der Waals surface area contributed by atoms with Crippen LogP contribution in [0.4, 0.5) is 5.69 Å². The minimum absolute atomic E-state index is 0.175. The van der Waals surface area contributed by atoms with Crippen LogP contribution in [0.5, 0.6) is 0 Å². The van der Waals surface area contributed by atoms with Crippen molar-refractivity contribution in [2.75, 3.05) is 57.9 Å². The lowest BCUT2D eigenvalue weighted by atomic mass is 10.2. The SMILES string of the molecule is COCCNCC(=O)N1CCN(c2ccccc2)CC1. The molecular formula is C15H23N3O2. The van der Waals surface area contributed by atoms with Gasteiger partial charge in [0.05, 0.1) is 13.2 Å². The molecule has 0 spiro atoms. The third kappa shape index (κ3) is 4.21. The van der Waals surface area contributed by atoms with Gasteiger partial charge in [-0.15, -0.1) is 0 Å². The summed E-state index contributed by atoms with van der Waals surface area (Å²) in [6.45, 7) is 5.12. The van der Waals surface area contributed by atoms with E-state index < -0.39 is 0 Å². The molecule has 0 unspecified atom stereocenters. The Hall–Kier alpha value is -1.59. The lowest BCUT2D eigenvalue weighted by Gasteiger charge is -2.36. The number of piperazine rings is 1. The third-order valence-electron chi connectivity index (χ3n) is 3.51. The summed E-state index contributed by atoms with van der Waals surface area (Å²) in [6.07, 6.45) is 0. The Morgan fingerprint density at radius 1 is 1.20 bits per heavy atom. The van der Waals surface area contributed by atoms with E-state index >= 15 is 0 Å². The minimum Gasteiger partial charge on any atom is -0.383 e. The van der Waals surface area contributed by atoms with E-state index in [2.05, 4.69) is 22.3 Å². The van der Waals surface area contributed by atoms with Crippen molar-refractivity contribution < 1.29 is 9.53 Å². The van der Waals surface area contributed by atoms with Gasteiger partial charge in [-0.05, 0) is 12.1 Å². The molecule has 1 fully saturated rings. The second kappa shape index (κ2) is 7.87. The molecule has 20 heavy (non-hydrogen) atoms. The fourth-order valence-corrected chi connectivity index (χ4v) is 2.33. The van der Waals surface area contributed by atoms with Gasteiger partial charge < -0.3 is 19.9 Å². The van der Waals surface area contributed by atoms with Crippen LogP contribution in [0.2, 0.25) is 0 Å². The second-order valence-electron chi connectivity index (χ2n) is 4.87. The summed E-state index contributed by atoms with van der Waals surface area (Å²) in [6, 6.07) is 10.3. The molecule has 1 N–H and O–H groups in total. The molecule has 1 aliphatic rings. The van der Waals surface area contributed by atoms with Gasteiger partial charge in [0.1, 0.15) is 0 Å². The summed E-state index contributed by atoms with van der Waals surface area (Å²) in [5.41, 5.74) is 1.23. The summed E-state index contributed by atoms with van der Waals surface area (Å²) in [4.78, 5) is 16.3. The quantitative estimate of drug-likeness (QED) is 0.772. The Morgan fingerprint density at radius 3 is 2.55 bits per heavy atom. The van der Waals surface area contributed by atoms with E-state index in [1.165, 1.54) is 5.69 Å². The number of carbonyl (C=O) groups excluding carboxylic acids is 1. The van der Waals surface area contributed by atoms with Gasteiger partial charge in [0.2, 0.25) is 5.91 Å². The summed E-state index contributed by atoms with van der Waals surface area (Å²) in [5, 5.41) is 3.10. The Morgan fingerprint density at radius 2 is 1.90 bits per heavy atom. The summed E-state index contributed by atoms with van der Waals surface area (Å²) < 4.78 is 4.94. The van der Waals surface area contributed by atoms with E-state index in [1.807, 2.05) is 23.1 Å². The fourth-order valence-electron chi connectivity index (χ4n) is 2.33. The first kappa shape index (κ1) is 14.8. The Bertz CT molecular complexity index is 403. The number of anilines is 1. The minimum atomic E-state index is 0.175. The first-order chi connectivity index (χ1) is 9.81. The largest absolute Gasteiger partial charge is 0.383 e. The van der Waals surface area contributed by atoms with E-state index in [-0.39, 0.29) is 5.91 Å². The molecule has 1 heterocycles. The molecule has 0 bridgehead atoms. The number of hydrogen-bond donors (Lipinski definition) is 1. The predicted octanol–water partition coefficient (Wildman–Crippen LogP) is 0.571. The molecule has 0 saturated carbocycles. The second-order valence-corrected chi connectivity index (χ2v) is 4.87. The van der Waals surface area contributed by atoms with Crippen LogP contribution < -0.4 is 10.2 Å². The van der Waals surface area contributed by atoms with E-state index in [4.69, 9.17) is 4.74 Å². The van der Waals surface area contributed by atoms with E-state index in [0.717, 1.165) is 26.2 Å². The average molecular weight is 277 g/mol. The molecule has 5 nitrogen and oxygen atoms in total. The highest BCUT2D eigenvalue weighted by atomic mass is 16.5. The topological polar surface area (TPSA) is 44.8 Å². The van der Waals surface area contributed by atoms with Crippen LogP contribution in [0.25, 0.3) is 0 Å². The molecule has 2 rings (SSSR count). The van der Waals surface area contributed by atoms with Crippen molar-refractivity contribution in [1.82, 2.24) is 10.2 Å². The van der Waals surface area contributed by atoms with Gasteiger partial charge in [-0.25, -0.2) is 0 Å². The molecule has 0 aliphatic carbocycles. The molecule has 1 aliphatic heterocycles. The zero-order valence-electron chi connectivity index (χ0n) is 12.0. The number of nitrogens with zero attached hydrogens (tertiary/aromatic N) is 2. The van der Waals surface area contributed by atoms with Crippen LogP contribution in [0, 0.1) is 0 Å². The average Bonchev–Trinajstić information content (AvgIpc) is 2.52. The number of hydrogen-bond acceptors (Lipinski definition) is 4. The van der Waals surface area contributed by atoms with Crippen LogP contribution in [0.3, 0.4) is 0 Å². The van der Waals surface area contributed by atoms with Gasteiger partial charge in [-0.1, -0.05) is 18.2 Å². The predicted molar refractivity (Wildman–Crippen MR) is 80.0 cm³/mol. The van der Waals surface area contributed by atoms with Crippen molar-refractivity contribution in [2.24, 2.45) is 0 Å². The molecule has 0 radical (unpaired) electrons. The van der Waals surface area contributed by atoms with Crippen LogP contribution >= 0.6 is 0 Å². The lowest BCUT2D eigenvalue weighted by Crippen LogP contribution is -2.51. The molecule has 1 amide bonds. The van der Waals surface area contributed by atoms with Crippen molar-refractivity contribution in [3.05, 3.63) is 30.3 Å². The molecule has 0 atom stereocenters. The van der Waals surface area contributed by atoms with Gasteiger partial charge in [0.25, 0.3) is 0 Å². The molecular weight excluding hydrogens is 254 g/mol. The van der Waals surface area contributed by atoms with Crippen molar-refractivity contribution in [2.45, 2.75) is 0 Å². The number of para-hydroxylation sites is 1. The highest BCUT2D eigenvalue weighted by Crippen LogP contribution is 2.15. The maximum atomic E-state index is 12.0. The van der Waals surface area contributed by atoms with Crippen LogP contribution in [0.1, 0.15) is 0 Å². The summed E-state index contributed by atoms with van der Waals surface area (Å²) in [5.74, 6) is 0.175. The zero-order chi connectivity index (χ0) is 14.2. The summed E-state index contributed by atoms with van der Waals surface area (Å²) in [7, 11) is 1.66. The van der Waals surface area contributed by atoms with Gasteiger partial charge in [-0.3, -0.25) is 4.79 Å². The molecule has 110 valence electrons. The highest BCUT2D eigenvalue weighted by molar-refractivity contribution is 5.78. The Kier molecular flexibility index (Phi) is 5.83. The number of rotatable bonds is 6. The fraction of sp³-hybridized carbons (Fsp3) is 0.533. The smallest absolute Gasteiger partial charge is 0.236 e. The van der Waals surface area contributed by atoms with Gasteiger partial charge >= 0.3 is 0 Å². The number of nitrogens with one attached hydrogen (secondary N) is 1. The van der Waals surface area contributed by atoms with Crippen molar-refractivity contribution in [3.63, 3.8) is 0 Å². The molecule has 1 aromatic carbocycles. The molecule has 0 aromatic heterocycles. The van der Waals surface area contributed by atoms with E-state index in [0.29, 0.717) is 19.7 Å².